The summed E-state index contributed by atoms with van der Waals surface area (Å²) in [5.41, 5.74) is 2.98. The van der Waals surface area contributed by atoms with Crippen LogP contribution in [-0.2, 0) is 16.1 Å². The Kier molecular flexibility index (Phi) is 8.36. The third-order valence-corrected chi connectivity index (χ3v) is 7.10. The quantitative estimate of drug-likeness (QED) is 0.406. The van der Waals surface area contributed by atoms with Gasteiger partial charge >= 0.3 is 0 Å². The Labute approximate surface area is 207 Å². The van der Waals surface area contributed by atoms with Gasteiger partial charge in [-0.25, -0.2) is 0 Å². The van der Waals surface area contributed by atoms with Crippen LogP contribution in [0.15, 0.2) is 48.5 Å². The largest absolute Gasteiger partial charge is 0.370 e. The highest BCUT2D eigenvalue weighted by molar-refractivity contribution is 5.80. The lowest BCUT2D eigenvalue weighted by Gasteiger charge is -2.40. The van der Waals surface area contributed by atoms with Crippen molar-refractivity contribution in [2.45, 2.75) is 45.9 Å². The van der Waals surface area contributed by atoms with Gasteiger partial charge in [-0.3, -0.25) is 19.8 Å². The molecule has 2 aliphatic rings. The Balaban J connectivity index is 1.65. The van der Waals surface area contributed by atoms with Gasteiger partial charge in [0.1, 0.15) is 6.23 Å². The van der Waals surface area contributed by atoms with Crippen molar-refractivity contribution in [1.29, 1.82) is 0 Å². The van der Waals surface area contributed by atoms with Gasteiger partial charge in [0.2, 0.25) is 5.91 Å². The first-order chi connectivity index (χ1) is 17.0. The van der Waals surface area contributed by atoms with Gasteiger partial charge in [0.05, 0.1) is 17.4 Å². The molecule has 2 aromatic rings. The van der Waals surface area contributed by atoms with E-state index >= 15 is 0 Å². The molecular formula is C27H36N4O4. The highest BCUT2D eigenvalue weighted by Gasteiger charge is 2.33. The van der Waals surface area contributed by atoms with E-state index in [1.54, 1.807) is 12.1 Å². The average molecular weight is 481 g/mol. The smallest absolute Gasteiger partial charge is 0.270 e. The minimum Gasteiger partial charge on any atom is -0.370 e. The molecule has 0 bridgehead atoms. The lowest BCUT2D eigenvalue weighted by Crippen LogP contribution is -2.45. The topological polar surface area (TPSA) is 79.2 Å². The molecule has 0 N–H and O–H groups in total. The van der Waals surface area contributed by atoms with Crippen LogP contribution in [0.1, 0.15) is 50.5 Å². The fourth-order valence-corrected chi connectivity index (χ4v) is 5.28. The summed E-state index contributed by atoms with van der Waals surface area (Å²) in [5.74, 6) is 0.127. The van der Waals surface area contributed by atoms with Gasteiger partial charge < -0.3 is 14.5 Å². The van der Waals surface area contributed by atoms with E-state index in [9.17, 15) is 14.9 Å². The number of nitrogens with zero attached hydrogens (tertiary/aromatic N) is 4. The minimum absolute atomic E-state index is 0.0605. The molecule has 0 aromatic heterocycles. The van der Waals surface area contributed by atoms with E-state index in [1.165, 1.54) is 5.56 Å². The molecule has 2 saturated heterocycles. The van der Waals surface area contributed by atoms with E-state index in [1.807, 2.05) is 43.0 Å². The van der Waals surface area contributed by atoms with Gasteiger partial charge in [-0.15, -0.1) is 0 Å². The van der Waals surface area contributed by atoms with Crippen LogP contribution in [-0.4, -0.2) is 60.0 Å². The van der Waals surface area contributed by atoms with Crippen molar-refractivity contribution < 1.29 is 14.5 Å². The van der Waals surface area contributed by atoms with Crippen LogP contribution in [0.2, 0.25) is 0 Å². The summed E-state index contributed by atoms with van der Waals surface area (Å²) in [6.07, 6.45) is 2.32. The van der Waals surface area contributed by atoms with Crippen LogP contribution in [0, 0.1) is 16.0 Å². The summed E-state index contributed by atoms with van der Waals surface area (Å²) in [7, 11) is 0. The first-order valence-corrected chi connectivity index (χ1v) is 12.7. The van der Waals surface area contributed by atoms with Crippen molar-refractivity contribution in [2.75, 3.05) is 44.2 Å². The Morgan fingerprint density at radius 3 is 2.60 bits per heavy atom. The van der Waals surface area contributed by atoms with Crippen LogP contribution in [0.25, 0.3) is 0 Å². The zero-order valence-corrected chi connectivity index (χ0v) is 20.8. The fourth-order valence-electron chi connectivity index (χ4n) is 5.28. The zero-order valence-electron chi connectivity index (χ0n) is 20.8. The summed E-state index contributed by atoms with van der Waals surface area (Å²) in [4.78, 5) is 30.8. The molecule has 0 radical (unpaired) electrons. The van der Waals surface area contributed by atoms with Crippen LogP contribution >= 0.6 is 0 Å². The highest BCUT2D eigenvalue weighted by atomic mass is 16.6. The third kappa shape index (κ3) is 5.82. The molecule has 4 rings (SSSR count). The zero-order chi connectivity index (χ0) is 24.8. The Morgan fingerprint density at radius 2 is 1.89 bits per heavy atom. The number of benzene rings is 2. The number of carbonyl (C=O) groups is 1. The SMILES string of the molecule is CCN(CC)C(=O)[C@@H]1CCCN(c2ccc([N+](=O)[O-])cc2[C@@H]2OCCCN2Cc2ccccc2)C1. The molecule has 2 atom stereocenters. The average Bonchev–Trinajstić information content (AvgIpc) is 2.90. The Morgan fingerprint density at radius 1 is 1.11 bits per heavy atom. The fraction of sp³-hybridized carbons (Fsp3) is 0.519. The van der Waals surface area contributed by atoms with Crippen molar-refractivity contribution in [1.82, 2.24) is 9.80 Å². The van der Waals surface area contributed by atoms with E-state index in [0.29, 0.717) is 32.8 Å². The minimum atomic E-state index is -0.377. The van der Waals surface area contributed by atoms with E-state index in [-0.39, 0.29) is 28.7 Å². The number of anilines is 1. The molecule has 1 amide bonds. The van der Waals surface area contributed by atoms with E-state index in [4.69, 9.17) is 4.74 Å². The molecule has 0 saturated carbocycles. The van der Waals surface area contributed by atoms with E-state index in [2.05, 4.69) is 21.9 Å². The molecule has 0 aliphatic carbocycles. The molecular weight excluding hydrogens is 444 g/mol. The molecule has 35 heavy (non-hydrogen) atoms. The molecule has 8 nitrogen and oxygen atoms in total. The molecule has 2 heterocycles. The number of non-ortho nitro benzene ring substituents is 1. The van der Waals surface area contributed by atoms with Crippen molar-refractivity contribution in [3.63, 3.8) is 0 Å². The number of piperidine rings is 1. The summed E-state index contributed by atoms with van der Waals surface area (Å²) >= 11 is 0. The first-order valence-electron chi connectivity index (χ1n) is 12.7. The molecule has 2 fully saturated rings. The van der Waals surface area contributed by atoms with Gasteiger partial charge in [0.15, 0.2) is 0 Å². The number of carbonyl (C=O) groups excluding carboxylic acids is 1. The third-order valence-electron chi connectivity index (χ3n) is 7.10. The van der Waals surface area contributed by atoms with Crippen molar-refractivity contribution in [3.8, 4) is 0 Å². The lowest BCUT2D eigenvalue weighted by molar-refractivity contribution is -0.385. The number of amides is 1. The van der Waals surface area contributed by atoms with Gasteiger partial charge in [-0.2, -0.15) is 0 Å². The van der Waals surface area contributed by atoms with Crippen molar-refractivity contribution in [3.05, 3.63) is 69.8 Å². The Hall–Kier alpha value is -2.97. The number of rotatable bonds is 8. The summed E-state index contributed by atoms with van der Waals surface area (Å²) < 4.78 is 6.26. The molecule has 8 heteroatoms. The predicted octanol–water partition coefficient (Wildman–Crippen LogP) is 4.60. The van der Waals surface area contributed by atoms with Crippen LogP contribution in [0.3, 0.4) is 0 Å². The highest BCUT2D eigenvalue weighted by Crippen LogP contribution is 2.38. The summed E-state index contributed by atoms with van der Waals surface area (Å²) in [5, 5.41) is 11.7. The maximum atomic E-state index is 13.1. The lowest BCUT2D eigenvalue weighted by atomic mass is 9.94. The molecule has 2 aromatic carbocycles. The molecule has 188 valence electrons. The monoisotopic (exact) mass is 480 g/mol. The summed E-state index contributed by atoms with van der Waals surface area (Å²) in [6, 6.07) is 15.3. The van der Waals surface area contributed by atoms with Crippen molar-refractivity contribution in [2.24, 2.45) is 5.92 Å². The maximum Gasteiger partial charge on any atom is 0.270 e. The van der Waals surface area contributed by atoms with Gasteiger partial charge in [-0.1, -0.05) is 30.3 Å². The summed E-state index contributed by atoms with van der Waals surface area (Å²) in [6.45, 7) is 9.04. The standard InChI is InChI=1S/C27H36N4O4/c1-3-28(4-2)26(32)22-12-8-15-29(20-22)25-14-13-23(31(33)34)18-24(25)27-30(16-9-17-35-27)19-21-10-6-5-7-11-21/h5-7,10-11,13-14,18,22,27H,3-4,8-9,12,15-17,19-20H2,1-2H3/t22-,27+/m1/s1. The van der Waals surface area contributed by atoms with Crippen LogP contribution in [0.5, 0.6) is 0 Å². The molecule has 2 aliphatic heterocycles. The number of nitro groups is 1. The second kappa shape index (κ2) is 11.6. The normalized spacial score (nSPS) is 21.0. The van der Waals surface area contributed by atoms with E-state index < -0.39 is 0 Å². The second-order valence-corrected chi connectivity index (χ2v) is 9.33. The van der Waals surface area contributed by atoms with Gasteiger partial charge in [0.25, 0.3) is 5.69 Å². The van der Waals surface area contributed by atoms with Crippen LogP contribution in [0.4, 0.5) is 11.4 Å². The van der Waals surface area contributed by atoms with Gasteiger partial charge in [0, 0.05) is 62.7 Å². The number of hydrogen-bond acceptors (Lipinski definition) is 6. The van der Waals surface area contributed by atoms with Crippen LogP contribution < -0.4 is 4.90 Å². The molecule has 0 spiro atoms. The molecule has 0 unspecified atom stereocenters. The maximum absolute atomic E-state index is 13.1. The first kappa shape index (κ1) is 25.1. The van der Waals surface area contributed by atoms with Crippen molar-refractivity contribution >= 4 is 17.3 Å². The Bertz CT molecular complexity index is 1010. The number of nitro benzene ring substituents is 1. The second-order valence-electron chi connectivity index (χ2n) is 9.33. The number of ether oxygens (including phenoxy) is 1. The van der Waals surface area contributed by atoms with Gasteiger partial charge in [-0.05, 0) is 44.7 Å². The van der Waals surface area contributed by atoms with E-state index in [0.717, 1.165) is 43.6 Å². The predicted molar refractivity (Wildman–Crippen MR) is 136 cm³/mol. The number of hydrogen-bond donors (Lipinski definition) is 0.